The molecule has 0 spiro atoms. The average Bonchev–Trinajstić information content (AvgIpc) is 2.45. The molecule has 1 unspecified atom stereocenters. The van der Waals surface area contributed by atoms with Crippen LogP contribution in [0, 0.1) is 11.3 Å². The second kappa shape index (κ2) is 6.91. The number of nitrogens with zero attached hydrogens (tertiary/aromatic N) is 1. The summed E-state index contributed by atoms with van der Waals surface area (Å²) in [6.45, 7) is 7.92. The molecule has 0 heterocycles. The molecule has 0 fully saturated rings. The summed E-state index contributed by atoms with van der Waals surface area (Å²) in [5.41, 5.74) is 1.56. The van der Waals surface area contributed by atoms with Crippen LogP contribution in [0.4, 0.5) is 0 Å². The highest BCUT2D eigenvalue weighted by Gasteiger charge is 2.42. The van der Waals surface area contributed by atoms with E-state index in [0.717, 1.165) is 11.1 Å². The zero-order chi connectivity index (χ0) is 15.2. The topological polar surface area (TPSA) is 50.1 Å². The van der Waals surface area contributed by atoms with Gasteiger partial charge in [0.15, 0.2) is 5.41 Å². The largest absolute Gasteiger partial charge is 0.465 e. The molecule has 0 radical (unpaired) electrons. The number of esters is 1. The van der Waals surface area contributed by atoms with E-state index in [4.69, 9.17) is 4.74 Å². The Morgan fingerprint density at radius 2 is 1.85 bits per heavy atom. The molecule has 0 aliphatic carbocycles. The molecule has 0 bridgehead atoms. The Kier molecular flexibility index (Phi) is 5.52. The molecule has 1 atom stereocenters. The standard InChI is InChI=1S/C17H21NO2/c1-5-20-16(19)17(12-18,11-14(4)13(2)3)15-9-7-6-8-10-15/h6-10H,5,11H2,1-4H3. The molecule has 0 aliphatic rings. The predicted octanol–water partition coefficient (Wildman–Crippen LogP) is 3.76. The molecular formula is C17H21NO2. The summed E-state index contributed by atoms with van der Waals surface area (Å²) < 4.78 is 5.15. The molecule has 0 aliphatic heterocycles. The lowest BCUT2D eigenvalue weighted by atomic mass is 9.76. The molecule has 0 N–H and O–H groups in total. The molecule has 106 valence electrons. The van der Waals surface area contributed by atoms with Gasteiger partial charge in [-0.25, -0.2) is 4.79 Å². The van der Waals surface area contributed by atoms with Crippen LogP contribution in [-0.2, 0) is 14.9 Å². The molecule has 20 heavy (non-hydrogen) atoms. The van der Waals surface area contributed by atoms with Crippen LogP contribution in [0.25, 0.3) is 0 Å². The average molecular weight is 271 g/mol. The molecule has 1 aromatic carbocycles. The fraction of sp³-hybridized carbons (Fsp3) is 0.412. The first-order valence-electron chi connectivity index (χ1n) is 6.75. The summed E-state index contributed by atoms with van der Waals surface area (Å²) in [7, 11) is 0. The van der Waals surface area contributed by atoms with E-state index < -0.39 is 11.4 Å². The summed E-state index contributed by atoms with van der Waals surface area (Å²) in [5, 5.41) is 9.68. The normalized spacial score (nSPS) is 12.9. The van der Waals surface area contributed by atoms with Crippen molar-refractivity contribution in [3.8, 4) is 6.07 Å². The van der Waals surface area contributed by atoms with Crippen molar-refractivity contribution in [3.63, 3.8) is 0 Å². The van der Waals surface area contributed by atoms with Crippen molar-refractivity contribution in [2.45, 2.75) is 39.5 Å². The van der Waals surface area contributed by atoms with Crippen molar-refractivity contribution in [2.75, 3.05) is 6.61 Å². The zero-order valence-electron chi connectivity index (χ0n) is 12.6. The van der Waals surface area contributed by atoms with Gasteiger partial charge in [-0.1, -0.05) is 41.5 Å². The number of hydrogen-bond donors (Lipinski definition) is 0. The maximum absolute atomic E-state index is 12.4. The Balaban J connectivity index is 3.36. The number of benzene rings is 1. The smallest absolute Gasteiger partial charge is 0.331 e. The molecule has 3 nitrogen and oxygen atoms in total. The molecule has 1 aromatic rings. The first-order chi connectivity index (χ1) is 9.47. The monoisotopic (exact) mass is 271 g/mol. The van der Waals surface area contributed by atoms with Gasteiger partial charge in [0.25, 0.3) is 0 Å². The fourth-order valence-corrected chi connectivity index (χ4v) is 1.99. The van der Waals surface area contributed by atoms with Gasteiger partial charge < -0.3 is 4.74 Å². The second-order valence-electron chi connectivity index (χ2n) is 5.06. The quantitative estimate of drug-likeness (QED) is 0.605. The van der Waals surface area contributed by atoms with Gasteiger partial charge in [-0.3, -0.25) is 0 Å². The molecular weight excluding hydrogens is 250 g/mol. The Hall–Kier alpha value is -2.08. The van der Waals surface area contributed by atoms with Crippen LogP contribution < -0.4 is 0 Å². The van der Waals surface area contributed by atoms with Crippen molar-refractivity contribution in [3.05, 3.63) is 47.0 Å². The number of carbonyl (C=O) groups is 1. The first kappa shape index (κ1) is 16.0. The van der Waals surface area contributed by atoms with Crippen molar-refractivity contribution < 1.29 is 9.53 Å². The zero-order valence-corrected chi connectivity index (χ0v) is 12.6. The third kappa shape index (κ3) is 3.27. The number of rotatable bonds is 5. The van der Waals surface area contributed by atoms with Crippen molar-refractivity contribution in [1.82, 2.24) is 0 Å². The molecule has 3 heteroatoms. The number of carbonyl (C=O) groups excluding carboxylic acids is 1. The van der Waals surface area contributed by atoms with E-state index in [1.54, 1.807) is 19.1 Å². The van der Waals surface area contributed by atoms with Crippen LogP contribution >= 0.6 is 0 Å². The Morgan fingerprint density at radius 1 is 1.25 bits per heavy atom. The van der Waals surface area contributed by atoms with Crippen LogP contribution in [-0.4, -0.2) is 12.6 Å². The lowest BCUT2D eigenvalue weighted by Crippen LogP contribution is -2.36. The minimum Gasteiger partial charge on any atom is -0.465 e. The van der Waals surface area contributed by atoms with E-state index in [-0.39, 0.29) is 6.61 Å². The molecule has 1 rings (SSSR count). The summed E-state index contributed by atoms with van der Waals surface area (Å²) in [6.07, 6.45) is 0.356. The highest BCUT2D eigenvalue weighted by Crippen LogP contribution is 2.33. The third-order valence-corrected chi connectivity index (χ3v) is 3.47. The number of nitriles is 1. The molecule has 0 saturated carbocycles. The van der Waals surface area contributed by atoms with E-state index in [1.807, 2.05) is 39.0 Å². The summed E-state index contributed by atoms with van der Waals surface area (Å²) in [4.78, 5) is 12.4. The second-order valence-corrected chi connectivity index (χ2v) is 5.06. The van der Waals surface area contributed by atoms with Crippen LogP contribution in [0.2, 0.25) is 0 Å². The number of allylic oxidation sites excluding steroid dienone is 2. The van der Waals surface area contributed by atoms with Crippen molar-refractivity contribution in [1.29, 1.82) is 5.26 Å². The van der Waals surface area contributed by atoms with Gasteiger partial charge in [0.2, 0.25) is 0 Å². The van der Waals surface area contributed by atoms with Crippen LogP contribution in [0.3, 0.4) is 0 Å². The lowest BCUT2D eigenvalue weighted by molar-refractivity contribution is -0.147. The van der Waals surface area contributed by atoms with Crippen LogP contribution in [0.15, 0.2) is 41.5 Å². The van der Waals surface area contributed by atoms with Crippen molar-refractivity contribution in [2.24, 2.45) is 0 Å². The predicted molar refractivity (Wildman–Crippen MR) is 79.0 cm³/mol. The summed E-state index contributed by atoms with van der Waals surface area (Å²) in [5.74, 6) is -0.477. The van der Waals surface area contributed by atoms with E-state index in [1.165, 1.54) is 0 Å². The van der Waals surface area contributed by atoms with E-state index in [9.17, 15) is 10.1 Å². The van der Waals surface area contributed by atoms with E-state index in [2.05, 4.69) is 6.07 Å². The summed E-state index contributed by atoms with van der Waals surface area (Å²) >= 11 is 0. The van der Waals surface area contributed by atoms with Gasteiger partial charge in [-0.2, -0.15) is 5.26 Å². The Bertz CT molecular complexity index is 536. The molecule has 0 saturated heterocycles. The number of ether oxygens (including phenoxy) is 1. The van der Waals surface area contributed by atoms with E-state index in [0.29, 0.717) is 12.0 Å². The minimum absolute atomic E-state index is 0.267. The molecule has 0 amide bonds. The van der Waals surface area contributed by atoms with Gasteiger partial charge in [-0.15, -0.1) is 0 Å². The minimum atomic E-state index is -1.27. The Labute approximate surface area is 120 Å². The van der Waals surface area contributed by atoms with Gasteiger partial charge in [-0.05, 0) is 33.3 Å². The Morgan fingerprint density at radius 3 is 2.30 bits per heavy atom. The van der Waals surface area contributed by atoms with Gasteiger partial charge >= 0.3 is 5.97 Å². The van der Waals surface area contributed by atoms with Crippen molar-refractivity contribution >= 4 is 5.97 Å². The lowest BCUT2D eigenvalue weighted by Gasteiger charge is -2.25. The molecule has 0 aromatic heterocycles. The SMILES string of the molecule is CCOC(=O)C(C#N)(CC(C)=C(C)C)c1ccccc1. The van der Waals surface area contributed by atoms with E-state index >= 15 is 0 Å². The van der Waals surface area contributed by atoms with Gasteiger partial charge in [0, 0.05) is 6.42 Å². The van der Waals surface area contributed by atoms with Gasteiger partial charge in [0.1, 0.15) is 0 Å². The van der Waals surface area contributed by atoms with Crippen LogP contribution in [0.5, 0.6) is 0 Å². The first-order valence-corrected chi connectivity index (χ1v) is 6.75. The number of hydrogen-bond acceptors (Lipinski definition) is 3. The summed E-state index contributed by atoms with van der Waals surface area (Å²) in [6, 6.07) is 11.3. The fourth-order valence-electron chi connectivity index (χ4n) is 1.99. The highest BCUT2D eigenvalue weighted by atomic mass is 16.5. The van der Waals surface area contributed by atoms with Crippen LogP contribution in [0.1, 0.15) is 39.7 Å². The third-order valence-electron chi connectivity index (χ3n) is 3.47. The van der Waals surface area contributed by atoms with Gasteiger partial charge in [0.05, 0.1) is 12.7 Å². The maximum Gasteiger partial charge on any atom is 0.331 e. The highest BCUT2D eigenvalue weighted by molar-refractivity contribution is 5.87. The maximum atomic E-state index is 12.4.